The minimum atomic E-state index is -1.98. The maximum Gasteiger partial charge on any atom is 0.220 e. The van der Waals surface area contributed by atoms with Crippen molar-refractivity contribution in [1.82, 2.24) is 5.32 Å². The molecule has 0 saturated carbocycles. The van der Waals surface area contributed by atoms with Crippen LogP contribution in [0.4, 0.5) is 0 Å². The number of ether oxygens (including phenoxy) is 6. The third kappa shape index (κ3) is 21.0. The summed E-state index contributed by atoms with van der Waals surface area (Å²) in [6.45, 7) is 1.36. The molecule has 3 fully saturated rings. The highest BCUT2D eigenvalue weighted by molar-refractivity contribution is 5.76. The van der Waals surface area contributed by atoms with E-state index >= 15 is 0 Å². The van der Waals surface area contributed by atoms with Crippen LogP contribution in [0, 0.1) is 0 Å². The topological polar surface area (TPSA) is 307 Å². The van der Waals surface area contributed by atoms with Gasteiger partial charge in [-0.15, -0.1) is 0 Å². The molecule has 0 spiro atoms. The average Bonchev–Trinajstić information content (AvgIpc) is 3.35. The van der Waals surface area contributed by atoms with Crippen molar-refractivity contribution in [1.29, 1.82) is 0 Å². The van der Waals surface area contributed by atoms with E-state index in [9.17, 15) is 61.0 Å². The van der Waals surface area contributed by atoms with Crippen LogP contribution in [0.25, 0.3) is 0 Å². The van der Waals surface area contributed by atoms with Crippen molar-refractivity contribution in [3.05, 3.63) is 72.9 Å². The van der Waals surface area contributed by atoms with Crippen molar-refractivity contribution >= 4 is 5.91 Å². The summed E-state index contributed by atoms with van der Waals surface area (Å²) in [5, 5.41) is 119. The summed E-state index contributed by atoms with van der Waals surface area (Å²) in [5.74, 6) is -0.310. The van der Waals surface area contributed by atoms with Gasteiger partial charge in [-0.1, -0.05) is 119 Å². The van der Waals surface area contributed by atoms with Gasteiger partial charge in [-0.25, -0.2) is 0 Å². The van der Waals surface area contributed by atoms with Gasteiger partial charge in [0.05, 0.1) is 38.6 Å². The van der Waals surface area contributed by atoms with Crippen LogP contribution in [0.2, 0.25) is 0 Å². The van der Waals surface area contributed by atoms with Gasteiger partial charge >= 0.3 is 0 Å². The molecule has 3 rings (SSSR count). The number of hydrogen-bond donors (Lipinski definition) is 12. The fourth-order valence-electron chi connectivity index (χ4n) is 8.02. The van der Waals surface area contributed by atoms with E-state index in [0.717, 1.165) is 77.0 Å². The van der Waals surface area contributed by atoms with Crippen molar-refractivity contribution in [3.8, 4) is 0 Å². The molecule has 19 heteroatoms. The zero-order valence-electron chi connectivity index (χ0n) is 41.0. The van der Waals surface area contributed by atoms with Gasteiger partial charge in [-0.3, -0.25) is 4.79 Å². The third-order valence-corrected chi connectivity index (χ3v) is 12.3. The molecular weight excluding hydrogens is 915 g/mol. The molecule has 0 aromatic heterocycles. The second kappa shape index (κ2) is 35.4. The molecule has 3 aliphatic heterocycles. The number of hydrogen-bond acceptors (Lipinski definition) is 18. The Morgan fingerprint density at radius 1 is 0.529 bits per heavy atom. The Kier molecular flexibility index (Phi) is 31.1. The molecule has 17 unspecified atom stereocenters. The Morgan fingerprint density at radius 3 is 1.53 bits per heavy atom. The van der Waals surface area contributed by atoms with E-state index in [4.69, 9.17) is 28.4 Å². The van der Waals surface area contributed by atoms with Crippen LogP contribution in [0.1, 0.15) is 110 Å². The lowest BCUT2D eigenvalue weighted by atomic mass is 9.96. The van der Waals surface area contributed by atoms with Gasteiger partial charge in [0.1, 0.15) is 73.2 Å². The Balaban J connectivity index is 1.46. The van der Waals surface area contributed by atoms with E-state index in [1.807, 2.05) is 6.92 Å². The summed E-state index contributed by atoms with van der Waals surface area (Å²) in [6.07, 6.45) is 11.4. The molecular formula is C51H85NO18. The van der Waals surface area contributed by atoms with E-state index in [0.29, 0.717) is 12.8 Å². The number of amides is 1. The lowest BCUT2D eigenvalue weighted by Crippen LogP contribution is -2.66. The van der Waals surface area contributed by atoms with E-state index in [1.165, 1.54) is 0 Å². The number of unbranched alkanes of at least 4 members (excludes halogenated alkanes) is 7. The van der Waals surface area contributed by atoms with Gasteiger partial charge in [0.2, 0.25) is 5.91 Å². The molecule has 3 aliphatic rings. The molecule has 0 bridgehead atoms. The zero-order chi connectivity index (χ0) is 51.3. The summed E-state index contributed by atoms with van der Waals surface area (Å²) in [5.41, 5.74) is 0. The lowest BCUT2D eigenvalue weighted by Gasteiger charge is -2.48. The maximum atomic E-state index is 13.1. The monoisotopic (exact) mass is 1000 g/mol. The Bertz CT molecular complexity index is 1570. The van der Waals surface area contributed by atoms with Gasteiger partial charge in [0, 0.05) is 6.42 Å². The minimum absolute atomic E-state index is 0.214. The molecule has 402 valence electrons. The van der Waals surface area contributed by atoms with Crippen LogP contribution < -0.4 is 5.32 Å². The highest BCUT2D eigenvalue weighted by Gasteiger charge is 2.53. The van der Waals surface area contributed by atoms with E-state index in [1.54, 1.807) is 12.2 Å². The number of nitrogens with one attached hydrogen (secondary N) is 1. The molecule has 0 aromatic carbocycles. The first kappa shape index (κ1) is 61.5. The minimum Gasteiger partial charge on any atom is -0.394 e. The van der Waals surface area contributed by atoms with Gasteiger partial charge < -0.3 is 89.9 Å². The van der Waals surface area contributed by atoms with Gasteiger partial charge in [-0.2, -0.15) is 0 Å². The van der Waals surface area contributed by atoms with Crippen molar-refractivity contribution < 1.29 is 89.4 Å². The molecule has 3 heterocycles. The summed E-state index contributed by atoms with van der Waals surface area (Å²) in [6, 6.07) is -0.982. The van der Waals surface area contributed by atoms with Crippen LogP contribution in [0.15, 0.2) is 72.9 Å². The fourth-order valence-corrected chi connectivity index (χ4v) is 8.02. The van der Waals surface area contributed by atoms with Crippen LogP contribution in [-0.4, -0.2) is 193 Å². The highest BCUT2D eigenvalue weighted by Crippen LogP contribution is 2.33. The molecule has 0 radical (unpaired) electrons. The number of carbonyl (C=O) groups excluding carboxylic acids is 1. The SMILES string of the molecule is CC/C=C\C/C=C\C/C=C\C/C=C\C/C=C\CCCCCCCC(=O)NC(COC1OC(CO)C(OC2OC(CO)C(OC3OC(CO)C(O)C(O)C3O)C(O)C2O)C(O)C1O)C(O)/C=C/CCCC. The van der Waals surface area contributed by atoms with E-state index in [2.05, 4.69) is 73.0 Å². The third-order valence-electron chi connectivity index (χ3n) is 12.3. The number of aliphatic hydroxyl groups excluding tert-OH is 11. The first-order chi connectivity index (χ1) is 33.8. The van der Waals surface area contributed by atoms with E-state index < -0.39 is 124 Å². The highest BCUT2D eigenvalue weighted by atomic mass is 16.8. The molecule has 17 atom stereocenters. The van der Waals surface area contributed by atoms with Crippen LogP contribution in [0.3, 0.4) is 0 Å². The fraction of sp³-hybridized carbons (Fsp3) is 0.745. The molecule has 12 N–H and O–H groups in total. The Hall–Kier alpha value is -2.77. The predicted molar refractivity (Wildman–Crippen MR) is 258 cm³/mol. The first-order valence-electron chi connectivity index (χ1n) is 25.2. The molecule has 70 heavy (non-hydrogen) atoms. The molecule has 1 amide bonds. The Labute approximate surface area is 413 Å². The normalized spacial score (nSPS) is 33.2. The molecule has 0 aliphatic carbocycles. The van der Waals surface area contributed by atoms with Crippen molar-refractivity contribution in [2.45, 2.75) is 214 Å². The van der Waals surface area contributed by atoms with Crippen molar-refractivity contribution in [2.24, 2.45) is 0 Å². The average molecular weight is 1000 g/mol. The smallest absolute Gasteiger partial charge is 0.220 e. The van der Waals surface area contributed by atoms with Gasteiger partial charge in [-0.05, 0) is 57.8 Å². The predicted octanol–water partition coefficient (Wildman–Crippen LogP) is 1.53. The number of rotatable bonds is 33. The molecule has 3 saturated heterocycles. The van der Waals surface area contributed by atoms with E-state index in [-0.39, 0.29) is 18.9 Å². The maximum absolute atomic E-state index is 13.1. The molecule has 0 aromatic rings. The number of aliphatic hydroxyl groups is 11. The Morgan fingerprint density at radius 2 is 0.986 bits per heavy atom. The summed E-state index contributed by atoms with van der Waals surface area (Å²) in [7, 11) is 0. The number of carbonyl (C=O) groups is 1. The second-order valence-electron chi connectivity index (χ2n) is 17.9. The zero-order valence-corrected chi connectivity index (χ0v) is 41.0. The largest absolute Gasteiger partial charge is 0.394 e. The second-order valence-corrected chi connectivity index (χ2v) is 17.9. The molecule has 19 nitrogen and oxygen atoms in total. The summed E-state index contributed by atoms with van der Waals surface area (Å²) >= 11 is 0. The van der Waals surface area contributed by atoms with Gasteiger partial charge in [0.25, 0.3) is 0 Å². The number of allylic oxidation sites excluding steroid dienone is 11. The summed E-state index contributed by atoms with van der Waals surface area (Å²) in [4.78, 5) is 13.1. The van der Waals surface area contributed by atoms with Crippen LogP contribution >= 0.6 is 0 Å². The van der Waals surface area contributed by atoms with Crippen molar-refractivity contribution in [3.63, 3.8) is 0 Å². The first-order valence-corrected chi connectivity index (χ1v) is 25.2. The standard InChI is InChI=1S/C51H85NO18/c1-3-5-7-9-10-11-12-13-14-15-16-17-18-19-20-21-22-23-24-25-27-29-39(57)52-34(35(56)28-26-8-6-4-2)33-65-49-45(63)42(60)47(37(31-54)67-49)70-51-46(64)43(61)48(38(32-55)68-51)69-50-44(62)41(59)40(58)36(30-53)66-50/h5,7,10-11,13-14,16-17,19-20,26,28,34-38,40-51,53-56,58-64H,3-4,6,8-9,12,15,18,21-25,27,29-33H2,1-2H3,(H,52,57)/b7-5-,11-10-,14-13-,17-16-,20-19-,28-26+. The van der Waals surface area contributed by atoms with Gasteiger partial charge in [0.15, 0.2) is 18.9 Å². The van der Waals surface area contributed by atoms with Crippen LogP contribution in [-0.2, 0) is 33.2 Å². The quantitative estimate of drug-likeness (QED) is 0.0328. The summed E-state index contributed by atoms with van der Waals surface area (Å²) < 4.78 is 33.9. The van der Waals surface area contributed by atoms with Crippen LogP contribution in [0.5, 0.6) is 0 Å². The lowest BCUT2D eigenvalue weighted by molar-refractivity contribution is -0.379. The van der Waals surface area contributed by atoms with Crippen molar-refractivity contribution in [2.75, 3.05) is 26.4 Å².